The van der Waals surface area contributed by atoms with Crippen molar-refractivity contribution in [3.8, 4) is 11.4 Å². The lowest BCUT2D eigenvalue weighted by Crippen LogP contribution is -2.26. The maximum absolute atomic E-state index is 11.4. The third-order valence-corrected chi connectivity index (χ3v) is 4.19. The third-order valence-electron chi connectivity index (χ3n) is 4.19. The molecule has 0 spiro atoms. The van der Waals surface area contributed by atoms with Crippen LogP contribution in [0.2, 0.25) is 0 Å². The van der Waals surface area contributed by atoms with Crippen molar-refractivity contribution in [2.24, 2.45) is 5.92 Å². The van der Waals surface area contributed by atoms with Crippen LogP contribution in [-0.2, 0) is 17.8 Å². The van der Waals surface area contributed by atoms with Crippen LogP contribution in [0, 0.1) is 5.92 Å². The average Bonchev–Trinajstić information content (AvgIpc) is 3.16. The second-order valence-electron chi connectivity index (χ2n) is 5.75. The van der Waals surface area contributed by atoms with Crippen LogP contribution in [0.1, 0.15) is 26.0 Å². The number of likely N-dealkylation sites (tertiary alicyclic amines) is 1. The van der Waals surface area contributed by atoms with E-state index in [4.69, 9.17) is 4.98 Å². The number of rotatable bonds is 4. The average molecular weight is 299 g/mol. The van der Waals surface area contributed by atoms with Crippen molar-refractivity contribution in [1.82, 2.24) is 24.6 Å². The van der Waals surface area contributed by atoms with E-state index in [0.29, 0.717) is 5.92 Å². The van der Waals surface area contributed by atoms with Crippen LogP contribution in [0.4, 0.5) is 0 Å². The van der Waals surface area contributed by atoms with Gasteiger partial charge in [0.2, 0.25) is 5.91 Å². The molecule has 6 nitrogen and oxygen atoms in total. The van der Waals surface area contributed by atoms with E-state index in [-0.39, 0.29) is 5.91 Å². The molecule has 2 aromatic heterocycles. The summed E-state index contributed by atoms with van der Waals surface area (Å²) in [7, 11) is 0. The van der Waals surface area contributed by atoms with Gasteiger partial charge in [-0.25, -0.2) is 4.98 Å². The summed E-state index contributed by atoms with van der Waals surface area (Å²) in [5.41, 5.74) is 2.84. The molecule has 1 saturated heterocycles. The Bertz CT molecular complexity index is 666. The van der Waals surface area contributed by atoms with Gasteiger partial charge in [-0.05, 0) is 31.7 Å². The van der Waals surface area contributed by atoms with Crippen molar-refractivity contribution in [3.05, 3.63) is 30.4 Å². The Hall–Kier alpha value is -2.24. The fourth-order valence-electron chi connectivity index (χ4n) is 3.01. The molecule has 1 aliphatic rings. The van der Waals surface area contributed by atoms with E-state index in [1.807, 2.05) is 21.8 Å². The summed E-state index contributed by atoms with van der Waals surface area (Å²) < 4.78 is 1.92. The summed E-state index contributed by atoms with van der Waals surface area (Å²) in [5.74, 6) is 0.638. The zero-order valence-corrected chi connectivity index (χ0v) is 13.1. The van der Waals surface area contributed by atoms with Crippen LogP contribution in [0.5, 0.6) is 0 Å². The first-order valence-electron chi connectivity index (χ1n) is 7.76. The molecule has 1 atom stereocenters. The first-order chi connectivity index (χ1) is 10.7. The van der Waals surface area contributed by atoms with Gasteiger partial charge < -0.3 is 4.90 Å². The number of aryl methyl sites for hydroxylation is 1. The van der Waals surface area contributed by atoms with Gasteiger partial charge in [-0.3, -0.25) is 14.5 Å². The van der Waals surface area contributed by atoms with Gasteiger partial charge in [0, 0.05) is 39.0 Å². The molecule has 3 rings (SSSR count). The number of amides is 1. The molecule has 0 aliphatic carbocycles. The van der Waals surface area contributed by atoms with E-state index in [1.54, 1.807) is 19.3 Å². The highest BCUT2D eigenvalue weighted by atomic mass is 16.2. The summed E-state index contributed by atoms with van der Waals surface area (Å²) in [6, 6.07) is 1.96. The Morgan fingerprint density at radius 1 is 1.41 bits per heavy atom. The van der Waals surface area contributed by atoms with Gasteiger partial charge in [-0.1, -0.05) is 0 Å². The van der Waals surface area contributed by atoms with Crippen LogP contribution in [0.3, 0.4) is 0 Å². The van der Waals surface area contributed by atoms with Crippen molar-refractivity contribution in [2.75, 3.05) is 13.1 Å². The van der Waals surface area contributed by atoms with Crippen LogP contribution in [0.15, 0.2) is 24.7 Å². The van der Waals surface area contributed by atoms with Gasteiger partial charge in [0.25, 0.3) is 0 Å². The fourth-order valence-corrected chi connectivity index (χ4v) is 3.01. The van der Waals surface area contributed by atoms with Crippen molar-refractivity contribution < 1.29 is 4.79 Å². The van der Waals surface area contributed by atoms with Crippen molar-refractivity contribution in [2.45, 2.75) is 33.2 Å². The quantitative estimate of drug-likeness (QED) is 0.863. The summed E-state index contributed by atoms with van der Waals surface area (Å²) in [6.45, 7) is 6.19. The highest BCUT2D eigenvalue weighted by Gasteiger charge is 2.24. The summed E-state index contributed by atoms with van der Waals surface area (Å²) in [5, 5.41) is 4.28. The minimum absolute atomic E-state index is 0.161. The summed E-state index contributed by atoms with van der Waals surface area (Å²) >= 11 is 0. The molecular formula is C16H21N5O. The summed E-state index contributed by atoms with van der Waals surface area (Å²) in [6.07, 6.45) is 7.30. The summed E-state index contributed by atoms with van der Waals surface area (Å²) in [4.78, 5) is 22.4. The van der Waals surface area contributed by atoms with Gasteiger partial charge in [0.1, 0.15) is 5.69 Å². The van der Waals surface area contributed by atoms with Crippen molar-refractivity contribution in [1.29, 1.82) is 0 Å². The molecule has 2 aromatic rings. The molecule has 116 valence electrons. The molecule has 1 aliphatic heterocycles. The number of carbonyl (C=O) groups is 1. The molecule has 0 aromatic carbocycles. The van der Waals surface area contributed by atoms with E-state index >= 15 is 0 Å². The van der Waals surface area contributed by atoms with E-state index in [2.05, 4.69) is 17.0 Å². The Morgan fingerprint density at radius 2 is 2.27 bits per heavy atom. The Kier molecular flexibility index (Phi) is 4.18. The monoisotopic (exact) mass is 299 g/mol. The highest BCUT2D eigenvalue weighted by molar-refractivity contribution is 5.73. The lowest BCUT2D eigenvalue weighted by molar-refractivity contribution is -0.127. The molecule has 6 heteroatoms. The predicted molar refractivity (Wildman–Crippen MR) is 83.0 cm³/mol. The number of carbonyl (C=O) groups excluding carboxylic acids is 1. The van der Waals surface area contributed by atoms with Crippen LogP contribution in [-0.4, -0.2) is 43.6 Å². The van der Waals surface area contributed by atoms with E-state index in [9.17, 15) is 4.79 Å². The normalized spacial score (nSPS) is 17.9. The Morgan fingerprint density at radius 3 is 3.00 bits per heavy atom. The Balaban J connectivity index is 1.74. The van der Waals surface area contributed by atoms with Gasteiger partial charge in [-0.15, -0.1) is 0 Å². The molecule has 0 N–H and O–H groups in total. The molecule has 3 heterocycles. The van der Waals surface area contributed by atoms with Gasteiger partial charge in [0.15, 0.2) is 0 Å². The standard InChI is InChI=1S/C16H21N5O/c1-3-21-16(4-6-18-21)15-10-17-9-14(19-15)8-13-5-7-20(11-13)12(2)22/h4,6,9-10,13H,3,5,7-8,11H2,1-2H3/t13-/m0/s1. The second-order valence-corrected chi connectivity index (χ2v) is 5.75. The largest absolute Gasteiger partial charge is 0.343 e. The van der Waals surface area contributed by atoms with Crippen LogP contribution < -0.4 is 0 Å². The van der Waals surface area contributed by atoms with E-state index < -0.39 is 0 Å². The van der Waals surface area contributed by atoms with Crippen molar-refractivity contribution in [3.63, 3.8) is 0 Å². The topological polar surface area (TPSA) is 63.9 Å². The van der Waals surface area contributed by atoms with Gasteiger partial charge >= 0.3 is 0 Å². The van der Waals surface area contributed by atoms with E-state index in [0.717, 1.165) is 49.6 Å². The third kappa shape index (κ3) is 3.00. The first kappa shape index (κ1) is 14.7. The smallest absolute Gasteiger partial charge is 0.219 e. The van der Waals surface area contributed by atoms with Gasteiger partial charge in [0.05, 0.1) is 17.6 Å². The minimum Gasteiger partial charge on any atom is -0.343 e. The molecule has 1 fully saturated rings. The zero-order chi connectivity index (χ0) is 15.5. The van der Waals surface area contributed by atoms with Crippen LogP contribution in [0.25, 0.3) is 11.4 Å². The molecule has 1 amide bonds. The number of hydrogen-bond donors (Lipinski definition) is 0. The molecule has 0 saturated carbocycles. The first-order valence-corrected chi connectivity index (χ1v) is 7.76. The number of aromatic nitrogens is 4. The maximum atomic E-state index is 11.4. The molecule has 0 bridgehead atoms. The lowest BCUT2D eigenvalue weighted by atomic mass is 10.0. The maximum Gasteiger partial charge on any atom is 0.219 e. The SMILES string of the molecule is CCn1nccc1-c1cncc(C[C@@H]2CCN(C(C)=O)C2)n1. The predicted octanol–water partition coefficient (Wildman–Crippen LogP) is 1.77. The van der Waals surface area contributed by atoms with Crippen molar-refractivity contribution >= 4 is 5.91 Å². The van der Waals surface area contributed by atoms with Crippen LogP contribution >= 0.6 is 0 Å². The number of nitrogens with zero attached hydrogens (tertiary/aromatic N) is 5. The van der Waals surface area contributed by atoms with Gasteiger partial charge in [-0.2, -0.15) is 5.10 Å². The van der Waals surface area contributed by atoms with E-state index in [1.165, 1.54) is 0 Å². The fraction of sp³-hybridized carbons (Fsp3) is 0.500. The zero-order valence-electron chi connectivity index (χ0n) is 13.1. The number of hydrogen-bond acceptors (Lipinski definition) is 4. The minimum atomic E-state index is 0.161. The second kappa shape index (κ2) is 6.25. The molecule has 22 heavy (non-hydrogen) atoms. The lowest BCUT2D eigenvalue weighted by Gasteiger charge is -2.13. The highest BCUT2D eigenvalue weighted by Crippen LogP contribution is 2.21. The molecule has 0 unspecified atom stereocenters. The molecule has 0 radical (unpaired) electrons. The Labute approximate surface area is 130 Å². The molecular weight excluding hydrogens is 278 g/mol.